The topological polar surface area (TPSA) is 90.3 Å². The van der Waals surface area contributed by atoms with Gasteiger partial charge in [0.2, 0.25) is 0 Å². The van der Waals surface area contributed by atoms with E-state index >= 15 is 0 Å². The molecule has 0 spiro atoms. The fourth-order valence-electron chi connectivity index (χ4n) is 2.15. The van der Waals surface area contributed by atoms with Crippen LogP contribution in [0.1, 0.15) is 6.92 Å². The van der Waals surface area contributed by atoms with Crippen LogP contribution in [0.25, 0.3) is 0 Å². The molecular formula is C12H15N3O4S. The Morgan fingerprint density at radius 1 is 1.35 bits per heavy atom. The number of rotatable bonds is 4. The molecule has 0 aromatic heterocycles. The van der Waals surface area contributed by atoms with E-state index in [0.29, 0.717) is 11.4 Å². The lowest BCUT2D eigenvalue weighted by atomic mass is 10.2. The lowest BCUT2D eigenvalue weighted by Gasteiger charge is -2.22. The van der Waals surface area contributed by atoms with Crippen LogP contribution in [0.3, 0.4) is 0 Å². The second-order valence-electron chi connectivity index (χ2n) is 4.60. The van der Waals surface area contributed by atoms with Crippen LogP contribution in [0.2, 0.25) is 0 Å². The maximum atomic E-state index is 12.3. The van der Waals surface area contributed by atoms with Gasteiger partial charge in [0.05, 0.1) is 11.4 Å². The molecule has 1 atom stereocenters. The number of carbonyl (C=O) groups is 1. The molecule has 1 N–H and O–H groups in total. The first-order valence-corrected chi connectivity index (χ1v) is 7.50. The molecule has 0 radical (unpaired) electrons. The van der Waals surface area contributed by atoms with Gasteiger partial charge in [0, 0.05) is 0 Å². The minimum absolute atomic E-state index is 0.347. The molecule has 1 aliphatic rings. The molecule has 0 saturated carbocycles. The summed E-state index contributed by atoms with van der Waals surface area (Å²) in [7, 11) is -2.74. The van der Waals surface area contributed by atoms with Gasteiger partial charge in [-0.1, -0.05) is 18.2 Å². The van der Waals surface area contributed by atoms with Crippen molar-refractivity contribution < 1.29 is 17.8 Å². The van der Waals surface area contributed by atoms with E-state index in [1.54, 1.807) is 31.2 Å². The predicted molar refractivity (Wildman–Crippen MR) is 75.0 cm³/mol. The summed E-state index contributed by atoms with van der Waals surface area (Å²) in [5.74, 6) is -0.973. The first kappa shape index (κ1) is 14.6. The third-order valence-electron chi connectivity index (χ3n) is 2.90. The quantitative estimate of drug-likeness (QED) is 0.820. The molecule has 0 fully saturated rings. The van der Waals surface area contributed by atoms with Gasteiger partial charge in [0.15, 0.2) is 0 Å². The van der Waals surface area contributed by atoms with E-state index in [2.05, 4.69) is 5.10 Å². The minimum atomic E-state index is -4.19. The molecule has 108 valence electrons. The highest BCUT2D eigenvalue weighted by Gasteiger charge is 2.38. The third kappa shape index (κ3) is 3.03. The highest BCUT2D eigenvalue weighted by Crippen LogP contribution is 2.22. The molecule has 0 aliphatic carbocycles. The van der Waals surface area contributed by atoms with Crippen molar-refractivity contribution in [1.82, 2.24) is 4.90 Å². The van der Waals surface area contributed by atoms with Crippen molar-refractivity contribution in [3.05, 3.63) is 30.3 Å². The smallest absolute Gasteiger partial charge is 0.278 e. The number of para-hydroxylation sites is 1. The summed E-state index contributed by atoms with van der Waals surface area (Å²) in [6, 6.07) is 8.06. The number of hydrogen-bond donors (Lipinski definition) is 1. The number of hydrazone groups is 1. The number of amides is 1. The van der Waals surface area contributed by atoms with Crippen molar-refractivity contribution in [3.8, 4) is 0 Å². The zero-order chi connectivity index (χ0) is 14.9. The van der Waals surface area contributed by atoms with Gasteiger partial charge >= 0.3 is 0 Å². The molecule has 1 amide bonds. The summed E-state index contributed by atoms with van der Waals surface area (Å²) < 4.78 is 30.7. The first-order valence-electron chi connectivity index (χ1n) is 5.89. The van der Waals surface area contributed by atoms with E-state index in [-0.39, 0.29) is 5.91 Å². The second kappa shape index (κ2) is 5.31. The second-order valence-corrected chi connectivity index (χ2v) is 6.02. The van der Waals surface area contributed by atoms with Crippen molar-refractivity contribution in [1.29, 1.82) is 0 Å². The van der Waals surface area contributed by atoms with Crippen LogP contribution in [0.15, 0.2) is 35.4 Å². The molecule has 1 aliphatic heterocycles. The number of hydrogen-bond acceptors (Lipinski definition) is 5. The number of anilines is 1. The van der Waals surface area contributed by atoms with Crippen LogP contribution in [0.5, 0.6) is 0 Å². The summed E-state index contributed by atoms with van der Waals surface area (Å²) in [5, 5.41) is 5.39. The summed E-state index contributed by atoms with van der Waals surface area (Å²) >= 11 is 0. The Morgan fingerprint density at radius 3 is 2.50 bits per heavy atom. The molecule has 2 rings (SSSR count). The zero-order valence-electron chi connectivity index (χ0n) is 11.1. The summed E-state index contributed by atoms with van der Waals surface area (Å²) in [6.07, 6.45) is 0. The lowest BCUT2D eigenvalue weighted by molar-refractivity contribution is -0.120. The van der Waals surface area contributed by atoms with Gasteiger partial charge in [-0.25, -0.2) is 0 Å². The Morgan fingerprint density at radius 2 is 1.95 bits per heavy atom. The van der Waals surface area contributed by atoms with Crippen molar-refractivity contribution in [2.24, 2.45) is 5.10 Å². The average Bonchev–Trinajstić information content (AvgIpc) is 2.64. The molecule has 0 bridgehead atoms. The number of carbonyl (C=O) groups excluding carboxylic acids is 1. The van der Waals surface area contributed by atoms with Crippen LogP contribution in [-0.4, -0.2) is 48.5 Å². The average molecular weight is 297 g/mol. The highest BCUT2D eigenvalue weighted by molar-refractivity contribution is 7.85. The van der Waals surface area contributed by atoms with Gasteiger partial charge in [-0.05, 0) is 26.1 Å². The predicted octanol–water partition coefficient (Wildman–Crippen LogP) is 0.555. The molecule has 8 heteroatoms. The summed E-state index contributed by atoms with van der Waals surface area (Å²) in [5.41, 5.74) is 1.09. The van der Waals surface area contributed by atoms with Crippen LogP contribution >= 0.6 is 0 Å². The van der Waals surface area contributed by atoms with Gasteiger partial charge < -0.3 is 0 Å². The number of nitrogens with zero attached hydrogens (tertiary/aromatic N) is 3. The van der Waals surface area contributed by atoms with Gasteiger partial charge in [0.25, 0.3) is 16.0 Å². The third-order valence-corrected chi connectivity index (χ3v) is 3.64. The van der Waals surface area contributed by atoms with Gasteiger partial charge in [-0.3, -0.25) is 14.2 Å². The first-order chi connectivity index (χ1) is 9.29. The normalized spacial score (nSPS) is 19.6. The Balaban J connectivity index is 2.23. The van der Waals surface area contributed by atoms with Crippen molar-refractivity contribution in [2.45, 2.75) is 13.0 Å². The fraction of sp³-hybridized carbons (Fsp3) is 0.333. The molecule has 20 heavy (non-hydrogen) atoms. The fourth-order valence-corrected chi connectivity index (χ4v) is 2.81. The summed E-state index contributed by atoms with van der Waals surface area (Å²) in [4.78, 5) is 13.6. The molecular weight excluding hydrogens is 282 g/mol. The SMILES string of the molecule is CC1=NN(c2ccccc2)C(=O)C1N(C)CS(=O)(=O)O. The van der Waals surface area contributed by atoms with Crippen molar-refractivity contribution in [2.75, 3.05) is 17.9 Å². The van der Waals surface area contributed by atoms with E-state index in [4.69, 9.17) is 4.55 Å². The monoisotopic (exact) mass is 297 g/mol. The van der Waals surface area contributed by atoms with Crippen molar-refractivity contribution >= 4 is 27.4 Å². The molecule has 1 heterocycles. The van der Waals surface area contributed by atoms with Crippen LogP contribution in [0, 0.1) is 0 Å². The number of likely N-dealkylation sites (N-methyl/N-ethyl adjacent to an activating group) is 1. The van der Waals surface area contributed by atoms with Gasteiger partial charge in [-0.2, -0.15) is 18.5 Å². The molecule has 1 unspecified atom stereocenters. The van der Waals surface area contributed by atoms with E-state index in [0.717, 1.165) is 0 Å². The van der Waals surface area contributed by atoms with Crippen LogP contribution < -0.4 is 5.01 Å². The van der Waals surface area contributed by atoms with E-state index in [1.807, 2.05) is 6.07 Å². The Kier molecular flexibility index (Phi) is 3.89. The van der Waals surface area contributed by atoms with Gasteiger partial charge in [0.1, 0.15) is 11.9 Å². The lowest BCUT2D eigenvalue weighted by Crippen LogP contribution is -2.46. The van der Waals surface area contributed by atoms with E-state index in [9.17, 15) is 13.2 Å². The maximum Gasteiger partial charge on any atom is 0.278 e. The Hall–Kier alpha value is -1.77. The highest BCUT2D eigenvalue weighted by atomic mass is 32.2. The largest absolute Gasteiger partial charge is 0.285 e. The Labute approximate surface area is 117 Å². The van der Waals surface area contributed by atoms with Gasteiger partial charge in [-0.15, -0.1) is 0 Å². The molecule has 1 aromatic carbocycles. The standard InChI is InChI=1S/C12H15N3O4S/c1-9-11(14(2)8-20(17,18)19)12(16)15(13-9)10-6-4-3-5-7-10/h3-7,11H,8H2,1-2H3,(H,17,18,19). The maximum absolute atomic E-state index is 12.3. The van der Waals surface area contributed by atoms with Crippen LogP contribution in [-0.2, 0) is 14.9 Å². The molecule has 0 saturated heterocycles. The summed E-state index contributed by atoms with van der Waals surface area (Å²) in [6.45, 7) is 1.64. The Bertz CT molecular complexity index is 642. The van der Waals surface area contributed by atoms with Crippen LogP contribution in [0.4, 0.5) is 5.69 Å². The van der Waals surface area contributed by atoms with E-state index in [1.165, 1.54) is 17.0 Å². The molecule has 7 nitrogen and oxygen atoms in total. The van der Waals surface area contributed by atoms with E-state index < -0.39 is 22.0 Å². The van der Waals surface area contributed by atoms with Crippen molar-refractivity contribution in [3.63, 3.8) is 0 Å². The minimum Gasteiger partial charge on any atom is -0.285 e. The molecule has 1 aromatic rings. The zero-order valence-corrected chi connectivity index (χ0v) is 11.9. The number of benzene rings is 1.